The highest BCUT2D eigenvalue weighted by Crippen LogP contribution is 2.40. The molecule has 3 unspecified atom stereocenters. The number of carbonyl (C=O) groups is 1. The van der Waals surface area contributed by atoms with E-state index in [1.165, 1.54) is 0 Å². The van der Waals surface area contributed by atoms with Crippen molar-refractivity contribution in [2.75, 3.05) is 7.11 Å². The Balaban J connectivity index is 1.43. The van der Waals surface area contributed by atoms with Crippen molar-refractivity contribution in [2.45, 2.75) is 69.4 Å². The highest BCUT2D eigenvalue weighted by atomic mass is 16.6. The smallest absolute Gasteiger partial charge is 0.309 e. The Labute approximate surface area is 108 Å². The van der Waals surface area contributed by atoms with Gasteiger partial charge in [0, 0.05) is 7.11 Å². The van der Waals surface area contributed by atoms with Crippen LogP contribution in [-0.2, 0) is 19.0 Å². The third kappa shape index (κ3) is 2.69. The molecule has 4 heteroatoms. The molecule has 18 heavy (non-hydrogen) atoms. The fourth-order valence-corrected chi connectivity index (χ4v) is 3.26. The van der Waals surface area contributed by atoms with Gasteiger partial charge in [-0.25, -0.2) is 0 Å². The van der Waals surface area contributed by atoms with Gasteiger partial charge < -0.3 is 14.2 Å². The molecule has 1 aliphatic heterocycles. The van der Waals surface area contributed by atoms with Crippen LogP contribution in [0.1, 0.15) is 44.9 Å². The van der Waals surface area contributed by atoms with Crippen molar-refractivity contribution < 1.29 is 19.0 Å². The van der Waals surface area contributed by atoms with Crippen LogP contribution in [0.2, 0.25) is 0 Å². The standard InChI is InChI=1S/C14H22O4/c1-16-10-3-5-11(6-4-10)17-14(15)9-2-7-12-13(8-9)18-12/h9-13H,2-8H2,1H3. The molecule has 2 aliphatic carbocycles. The van der Waals surface area contributed by atoms with Gasteiger partial charge in [0.25, 0.3) is 0 Å². The van der Waals surface area contributed by atoms with Crippen molar-refractivity contribution in [1.29, 1.82) is 0 Å². The monoisotopic (exact) mass is 254 g/mol. The summed E-state index contributed by atoms with van der Waals surface area (Å²) in [5.74, 6) is 0.0821. The summed E-state index contributed by atoms with van der Waals surface area (Å²) in [4.78, 5) is 12.1. The van der Waals surface area contributed by atoms with E-state index in [1.54, 1.807) is 7.11 Å². The zero-order chi connectivity index (χ0) is 12.5. The zero-order valence-electron chi connectivity index (χ0n) is 11.0. The Morgan fingerprint density at radius 3 is 2.39 bits per heavy atom. The van der Waals surface area contributed by atoms with Crippen molar-refractivity contribution in [2.24, 2.45) is 5.92 Å². The molecule has 3 rings (SSSR count). The van der Waals surface area contributed by atoms with Gasteiger partial charge >= 0.3 is 5.97 Å². The topological polar surface area (TPSA) is 48.1 Å². The van der Waals surface area contributed by atoms with Gasteiger partial charge in [0.05, 0.1) is 24.2 Å². The fourth-order valence-electron chi connectivity index (χ4n) is 3.26. The molecule has 0 spiro atoms. The quantitative estimate of drug-likeness (QED) is 0.571. The summed E-state index contributed by atoms with van der Waals surface area (Å²) in [6.45, 7) is 0. The van der Waals surface area contributed by atoms with Crippen LogP contribution in [0.15, 0.2) is 0 Å². The molecule has 0 aromatic heterocycles. The number of hydrogen-bond acceptors (Lipinski definition) is 4. The Bertz CT molecular complexity index is 309. The number of rotatable bonds is 3. The predicted octanol–water partition coefficient (Wildman–Crippen LogP) is 2.05. The maximum absolute atomic E-state index is 12.1. The summed E-state index contributed by atoms with van der Waals surface area (Å²) in [6, 6.07) is 0. The lowest BCUT2D eigenvalue weighted by Gasteiger charge is -2.29. The van der Waals surface area contributed by atoms with Crippen molar-refractivity contribution in [1.82, 2.24) is 0 Å². The molecule has 3 atom stereocenters. The molecule has 4 nitrogen and oxygen atoms in total. The van der Waals surface area contributed by atoms with E-state index in [1.807, 2.05) is 0 Å². The maximum atomic E-state index is 12.1. The van der Waals surface area contributed by atoms with E-state index in [4.69, 9.17) is 14.2 Å². The van der Waals surface area contributed by atoms with Crippen LogP contribution in [0, 0.1) is 5.92 Å². The molecule has 0 amide bonds. The molecule has 0 aromatic rings. The molecule has 0 aromatic carbocycles. The minimum absolute atomic E-state index is 0.00446. The molecule has 0 N–H and O–H groups in total. The first-order valence-electron chi connectivity index (χ1n) is 7.15. The minimum atomic E-state index is 0.00446. The largest absolute Gasteiger partial charge is 0.462 e. The van der Waals surface area contributed by atoms with E-state index in [-0.39, 0.29) is 18.0 Å². The Morgan fingerprint density at radius 1 is 1.00 bits per heavy atom. The highest BCUT2D eigenvalue weighted by Gasteiger charge is 2.46. The van der Waals surface area contributed by atoms with E-state index in [9.17, 15) is 4.79 Å². The SMILES string of the molecule is COC1CCC(OC(=O)C2CCC3OC3C2)CC1. The summed E-state index contributed by atoms with van der Waals surface area (Å²) >= 11 is 0. The van der Waals surface area contributed by atoms with E-state index in [2.05, 4.69) is 0 Å². The average Bonchev–Trinajstić information content (AvgIpc) is 3.17. The summed E-state index contributed by atoms with van der Waals surface area (Å²) in [6.07, 6.45) is 8.01. The van der Waals surface area contributed by atoms with Crippen LogP contribution >= 0.6 is 0 Å². The summed E-state index contributed by atoms with van der Waals surface area (Å²) in [5, 5.41) is 0. The molecule has 1 heterocycles. The molecule has 0 radical (unpaired) electrons. The lowest BCUT2D eigenvalue weighted by atomic mass is 9.89. The Kier molecular flexibility index (Phi) is 3.57. The van der Waals surface area contributed by atoms with Crippen LogP contribution in [-0.4, -0.2) is 37.5 Å². The van der Waals surface area contributed by atoms with Crippen LogP contribution in [0.5, 0.6) is 0 Å². The van der Waals surface area contributed by atoms with E-state index >= 15 is 0 Å². The van der Waals surface area contributed by atoms with Gasteiger partial charge in [0.1, 0.15) is 6.10 Å². The summed E-state index contributed by atoms with van der Waals surface area (Å²) < 4.78 is 16.4. The van der Waals surface area contributed by atoms with Crippen molar-refractivity contribution in [3.05, 3.63) is 0 Å². The molecule has 0 bridgehead atoms. The van der Waals surface area contributed by atoms with Crippen LogP contribution in [0.4, 0.5) is 0 Å². The van der Waals surface area contributed by atoms with E-state index < -0.39 is 0 Å². The molecule has 1 saturated heterocycles. The molecule has 3 aliphatic rings. The number of methoxy groups -OCH3 is 1. The van der Waals surface area contributed by atoms with E-state index in [0.29, 0.717) is 18.3 Å². The normalized spacial score (nSPS) is 43.1. The van der Waals surface area contributed by atoms with Crippen LogP contribution in [0.3, 0.4) is 0 Å². The number of carbonyl (C=O) groups excluding carboxylic acids is 1. The van der Waals surface area contributed by atoms with Crippen molar-refractivity contribution in [3.8, 4) is 0 Å². The molecule has 3 fully saturated rings. The Hall–Kier alpha value is -0.610. The average molecular weight is 254 g/mol. The Morgan fingerprint density at radius 2 is 1.72 bits per heavy atom. The lowest BCUT2D eigenvalue weighted by molar-refractivity contribution is -0.157. The van der Waals surface area contributed by atoms with Gasteiger partial charge in [0.15, 0.2) is 0 Å². The van der Waals surface area contributed by atoms with Gasteiger partial charge in [-0.15, -0.1) is 0 Å². The number of epoxide rings is 1. The third-order valence-electron chi connectivity index (χ3n) is 4.57. The number of fused-ring (bicyclic) bond motifs is 1. The predicted molar refractivity (Wildman–Crippen MR) is 65.1 cm³/mol. The molecule has 102 valence electrons. The lowest BCUT2D eigenvalue weighted by Crippen LogP contribution is -2.31. The van der Waals surface area contributed by atoms with Gasteiger partial charge in [-0.1, -0.05) is 0 Å². The van der Waals surface area contributed by atoms with Gasteiger partial charge in [-0.2, -0.15) is 0 Å². The van der Waals surface area contributed by atoms with Gasteiger partial charge in [0.2, 0.25) is 0 Å². The maximum Gasteiger partial charge on any atom is 0.309 e. The third-order valence-corrected chi connectivity index (χ3v) is 4.57. The van der Waals surface area contributed by atoms with Crippen molar-refractivity contribution in [3.63, 3.8) is 0 Å². The summed E-state index contributed by atoms with van der Waals surface area (Å²) in [7, 11) is 1.76. The zero-order valence-corrected chi connectivity index (χ0v) is 11.0. The second-order valence-electron chi connectivity index (χ2n) is 5.79. The second kappa shape index (κ2) is 5.17. The number of esters is 1. The van der Waals surface area contributed by atoms with E-state index in [0.717, 1.165) is 44.9 Å². The number of hydrogen-bond donors (Lipinski definition) is 0. The van der Waals surface area contributed by atoms with Gasteiger partial charge in [-0.05, 0) is 44.9 Å². The number of ether oxygens (including phenoxy) is 3. The second-order valence-corrected chi connectivity index (χ2v) is 5.79. The fraction of sp³-hybridized carbons (Fsp3) is 0.929. The minimum Gasteiger partial charge on any atom is -0.462 e. The molecule has 2 saturated carbocycles. The van der Waals surface area contributed by atoms with Crippen molar-refractivity contribution >= 4 is 5.97 Å². The van der Waals surface area contributed by atoms with Crippen LogP contribution < -0.4 is 0 Å². The molecular weight excluding hydrogens is 232 g/mol. The summed E-state index contributed by atoms with van der Waals surface area (Å²) in [5.41, 5.74) is 0. The first-order valence-corrected chi connectivity index (χ1v) is 7.15. The first kappa shape index (κ1) is 12.4. The highest BCUT2D eigenvalue weighted by molar-refractivity contribution is 5.73. The van der Waals surface area contributed by atoms with Crippen LogP contribution in [0.25, 0.3) is 0 Å². The molecular formula is C14H22O4. The van der Waals surface area contributed by atoms with Gasteiger partial charge in [-0.3, -0.25) is 4.79 Å². The first-order chi connectivity index (χ1) is 8.76.